The van der Waals surface area contributed by atoms with Gasteiger partial charge in [-0.25, -0.2) is 0 Å². The molecule has 0 aromatic rings. The molecular formula is C13H25NO2. The van der Waals surface area contributed by atoms with E-state index in [0.29, 0.717) is 12.2 Å². The summed E-state index contributed by atoms with van der Waals surface area (Å²) in [6.07, 6.45) is 5.47. The Kier molecular flexibility index (Phi) is 3.30. The van der Waals surface area contributed by atoms with Crippen molar-refractivity contribution in [1.82, 2.24) is 0 Å². The highest BCUT2D eigenvalue weighted by Gasteiger charge is 2.51. The Morgan fingerprint density at radius 3 is 2.56 bits per heavy atom. The molecule has 2 aliphatic rings. The molecule has 3 atom stereocenters. The number of fused-ring (bicyclic) bond motifs is 2. The highest BCUT2D eigenvalue weighted by molar-refractivity contribution is 5.01. The van der Waals surface area contributed by atoms with Crippen molar-refractivity contribution in [2.75, 3.05) is 13.2 Å². The van der Waals surface area contributed by atoms with Gasteiger partial charge >= 0.3 is 0 Å². The van der Waals surface area contributed by atoms with Crippen LogP contribution in [0.15, 0.2) is 0 Å². The molecule has 3 nitrogen and oxygen atoms in total. The molecule has 2 bridgehead atoms. The standard InChI is InChI=1S/C13H25NO2/c1-12(2,3)15-7-6-13(9-14)8-10-4-5-11(13)16-10/h10-11H,4-9,14H2,1-3H3. The number of nitrogens with two attached hydrogens (primary N) is 1. The van der Waals surface area contributed by atoms with Gasteiger partial charge in [0.1, 0.15) is 0 Å². The first kappa shape index (κ1) is 12.3. The van der Waals surface area contributed by atoms with Crippen LogP contribution >= 0.6 is 0 Å². The molecule has 2 heterocycles. The van der Waals surface area contributed by atoms with E-state index in [4.69, 9.17) is 15.2 Å². The van der Waals surface area contributed by atoms with Crippen LogP contribution in [0.2, 0.25) is 0 Å². The van der Waals surface area contributed by atoms with Crippen molar-refractivity contribution in [3.8, 4) is 0 Å². The van der Waals surface area contributed by atoms with E-state index in [-0.39, 0.29) is 11.0 Å². The second-order valence-corrected chi connectivity index (χ2v) is 6.31. The van der Waals surface area contributed by atoms with Gasteiger partial charge in [0, 0.05) is 18.6 Å². The molecule has 0 amide bonds. The van der Waals surface area contributed by atoms with E-state index in [2.05, 4.69) is 20.8 Å². The monoisotopic (exact) mass is 227 g/mol. The summed E-state index contributed by atoms with van der Waals surface area (Å²) in [5.74, 6) is 0. The van der Waals surface area contributed by atoms with Crippen molar-refractivity contribution in [2.24, 2.45) is 11.1 Å². The van der Waals surface area contributed by atoms with Crippen LogP contribution in [0.25, 0.3) is 0 Å². The first-order valence-electron chi connectivity index (χ1n) is 6.45. The second-order valence-electron chi connectivity index (χ2n) is 6.31. The lowest BCUT2D eigenvalue weighted by atomic mass is 9.72. The van der Waals surface area contributed by atoms with Crippen LogP contribution in [-0.4, -0.2) is 31.0 Å². The summed E-state index contributed by atoms with van der Waals surface area (Å²) in [6, 6.07) is 0. The van der Waals surface area contributed by atoms with Crippen LogP contribution < -0.4 is 5.73 Å². The predicted molar refractivity (Wildman–Crippen MR) is 64.3 cm³/mol. The molecule has 0 aromatic heterocycles. The molecule has 2 saturated heterocycles. The Labute approximate surface area is 98.7 Å². The van der Waals surface area contributed by atoms with Crippen molar-refractivity contribution < 1.29 is 9.47 Å². The summed E-state index contributed by atoms with van der Waals surface area (Å²) in [5.41, 5.74) is 6.12. The van der Waals surface area contributed by atoms with Crippen molar-refractivity contribution in [1.29, 1.82) is 0 Å². The summed E-state index contributed by atoms with van der Waals surface area (Å²) in [7, 11) is 0. The molecule has 0 aromatic carbocycles. The van der Waals surface area contributed by atoms with Crippen LogP contribution in [0.5, 0.6) is 0 Å². The number of rotatable bonds is 4. The first-order valence-corrected chi connectivity index (χ1v) is 6.45. The molecule has 94 valence electrons. The van der Waals surface area contributed by atoms with Gasteiger partial charge in [-0.1, -0.05) is 0 Å². The first-order chi connectivity index (χ1) is 7.45. The average molecular weight is 227 g/mol. The summed E-state index contributed by atoms with van der Waals surface area (Å²) in [6.45, 7) is 7.83. The molecular weight excluding hydrogens is 202 g/mol. The van der Waals surface area contributed by atoms with Crippen LogP contribution in [0, 0.1) is 5.41 Å². The number of hydrogen-bond donors (Lipinski definition) is 1. The van der Waals surface area contributed by atoms with Gasteiger partial charge in [0.15, 0.2) is 0 Å². The number of ether oxygens (including phenoxy) is 2. The minimum Gasteiger partial charge on any atom is -0.376 e. The lowest BCUT2D eigenvalue weighted by Gasteiger charge is -2.35. The average Bonchev–Trinajstić information content (AvgIpc) is 2.75. The molecule has 16 heavy (non-hydrogen) atoms. The Morgan fingerprint density at radius 1 is 1.38 bits per heavy atom. The summed E-state index contributed by atoms with van der Waals surface area (Å²) in [4.78, 5) is 0. The molecule has 3 unspecified atom stereocenters. The van der Waals surface area contributed by atoms with E-state index >= 15 is 0 Å². The van der Waals surface area contributed by atoms with Gasteiger partial charge in [-0.15, -0.1) is 0 Å². The molecule has 2 fully saturated rings. The lowest BCUT2D eigenvalue weighted by molar-refractivity contribution is -0.0286. The highest BCUT2D eigenvalue weighted by atomic mass is 16.5. The van der Waals surface area contributed by atoms with Gasteiger partial charge in [0.25, 0.3) is 0 Å². The van der Waals surface area contributed by atoms with Crippen LogP contribution in [0.1, 0.15) is 46.5 Å². The third-order valence-corrected chi connectivity index (χ3v) is 3.97. The zero-order valence-electron chi connectivity index (χ0n) is 10.8. The maximum atomic E-state index is 5.97. The zero-order chi connectivity index (χ0) is 11.8. The van der Waals surface area contributed by atoms with Crippen molar-refractivity contribution in [2.45, 2.75) is 64.3 Å². The van der Waals surface area contributed by atoms with Gasteiger partial charge in [-0.2, -0.15) is 0 Å². The quantitative estimate of drug-likeness (QED) is 0.800. The van der Waals surface area contributed by atoms with Crippen molar-refractivity contribution in [3.05, 3.63) is 0 Å². The Morgan fingerprint density at radius 2 is 2.12 bits per heavy atom. The fraction of sp³-hybridized carbons (Fsp3) is 1.00. The van der Waals surface area contributed by atoms with Crippen LogP contribution in [-0.2, 0) is 9.47 Å². The summed E-state index contributed by atoms with van der Waals surface area (Å²) >= 11 is 0. The van der Waals surface area contributed by atoms with E-state index in [1.807, 2.05) is 0 Å². The zero-order valence-corrected chi connectivity index (χ0v) is 10.8. The van der Waals surface area contributed by atoms with E-state index < -0.39 is 0 Å². The van der Waals surface area contributed by atoms with E-state index in [9.17, 15) is 0 Å². The van der Waals surface area contributed by atoms with Gasteiger partial charge in [-0.05, 0) is 46.5 Å². The smallest absolute Gasteiger partial charge is 0.0649 e. The SMILES string of the molecule is CC(C)(C)OCCC1(CN)CC2CCC1O2. The molecule has 0 saturated carbocycles. The highest BCUT2D eigenvalue weighted by Crippen LogP contribution is 2.49. The third kappa shape index (κ3) is 2.41. The number of hydrogen-bond acceptors (Lipinski definition) is 3. The van der Waals surface area contributed by atoms with Crippen molar-refractivity contribution in [3.63, 3.8) is 0 Å². The van der Waals surface area contributed by atoms with Gasteiger partial charge in [0.05, 0.1) is 17.8 Å². The third-order valence-electron chi connectivity index (χ3n) is 3.97. The predicted octanol–water partition coefficient (Wildman–Crippen LogP) is 2.09. The Balaban J connectivity index is 1.87. The Bertz CT molecular complexity index is 249. The molecule has 3 heteroatoms. The minimum atomic E-state index is -0.0474. The van der Waals surface area contributed by atoms with Crippen molar-refractivity contribution >= 4 is 0 Å². The molecule has 2 N–H and O–H groups in total. The van der Waals surface area contributed by atoms with Gasteiger partial charge in [-0.3, -0.25) is 0 Å². The lowest BCUT2D eigenvalue weighted by Crippen LogP contribution is -2.41. The maximum Gasteiger partial charge on any atom is 0.0649 e. The summed E-state index contributed by atoms with van der Waals surface area (Å²) in [5, 5.41) is 0. The van der Waals surface area contributed by atoms with Crippen LogP contribution in [0.3, 0.4) is 0 Å². The molecule has 0 spiro atoms. The van der Waals surface area contributed by atoms with E-state index in [0.717, 1.165) is 26.0 Å². The normalized spacial score (nSPS) is 38.2. The van der Waals surface area contributed by atoms with Gasteiger partial charge < -0.3 is 15.2 Å². The largest absolute Gasteiger partial charge is 0.376 e. The van der Waals surface area contributed by atoms with Gasteiger partial charge in [0.2, 0.25) is 0 Å². The molecule has 2 rings (SSSR count). The fourth-order valence-corrected chi connectivity index (χ4v) is 3.03. The van der Waals surface area contributed by atoms with Crippen LogP contribution in [0.4, 0.5) is 0 Å². The second kappa shape index (κ2) is 4.28. The van der Waals surface area contributed by atoms with E-state index in [1.54, 1.807) is 0 Å². The molecule has 0 aliphatic carbocycles. The minimum absolute atomic E-state index is 0.0474. The molecule has 2 aliphatic heterocycles. The summed E-state index contributed by atoms with van der Waals surface area (Å²) < 4.78 is 11.7. The molecule has 0 radical (unpaired) electrons. The topological polar surface area (TPSA) is 44.5 Å². The Hall–Kier alpha value is -0.120. The maximum absolute atomic E-state index is 5.97. The van der Waals surface area contributed by atoms with E-state index in [1.165, 1.54) is 12.8 Å². The fourth-order valence-electron chi connectivity index (χ4n) is 3.03.